The molecule has 0 aromatic heterocycles. The number of rotatable bonds is 10. The molecular formula is C14H23NO4. The Bertz CT molecular complexity index is 357. The van der Waals surface area contributed by atoms with Gasteiger partial charge in [0.2, 0.25) is 0 Å². The van der Waals surface area contributed by atoms with Gasteiger partial charge < -0.3 is 24.7 Å². The van der Waals surface area contributed by atoms with Crippen molar-refractivity contribution in [2.45, 2.75) is 6.92 Å². The van der Waals surface area contributed by atoms with Crippen molar-refractivity contribution < 1.29 is 18.9 Å². The molecule has 0 heterocycles. The molecule has 19 heavy (non-hydrogen) atoms. The van der Waals surface area contributed by atoms with Crippen molar-refractivity contribution in [1.29, 1.82) is 0 Å². The molecule has 1 aromatic rings. The molecule has 2 N–H and O–H groups in total. The molecule has 1 rings (SSSR count). The molecule has 0 aliphatic heterocycles. The molecule has 5 heteroatoms. The van der Waals surface area contributed by atoms with Crippen molar-refractivity contribution in [3.05, 3.63) is 23.8 Å². The fourth-order valence-electron chi connectivity index (χ4n) is 1.46. The van der Waals surface area contributed by atoms with Crippen molar-refractivity contribution in [1.82, 2.24) is 0 Å². The molecule has 0 radical (unpaired) electrons. The fourth-order valence-corrected chi connectivity index (χ4v) is 1.46. The van der Waals surface area contributed by atoms with Crippen LogP contribution in [0.1, 0.15) is 5.56 Å². The van der Waals surface area contributed by atoms with Gasteiger partial charge in [-0.25, -0.2) is 0 Å². The van der Waals surface area contributed by atoms with E-state index in [1.807, 2.05) is 25.1 Å². The van der Waals surface area contributed by atoms with Crippen molar-refractivity contribution >= 4 is 5.69 Å². The van der Waals surface area contributed by atoms with E-state index in [-0.39, 0.29) is 0 Å². The van der Waals surface area contributed by atoms with Crippen molar-refractivity contribution in [2.24, 2.45) is 0 Å². The van der Waals surface area contributed by atoms with Gasteiger partial charge in [-0.3, -0.25) is 0 Å². The normalized spacial score (nSPS) is 10.6. The largest absolute Gasteiger partial charge is 0.491 e. The van der Waals surface area contributed by atoms with Gasteiger partial charge in [0, 0.05) is 18.4 Å². The van der Waals surface area contributed by atoms with Crippen LogP contribution in [0.4, 0.5) is 5.69 Å². The van der Waals surface area contributed by atoms with E-state index >= 15 is 0 Å². The molecule has 0 unspecified atom stereocenters. The first-order valence-electron chi connectivity index (χ1n) is 6.38. The third-order valence-corrected chi connectivity index (χ3v) is 2.62. The minimum absolute atomic E-state index is 0.502. The zero-order valence-corrected chi connectivity index (χ0v) is 11.7. The zero-order valence-electron chi connectivity index (χ0n) is 11.7. The molecule has 1 aromatic carbocycles. The summed E-state index contributed by atoms with van der Waals surface area (Å²) < 4.78 is 21.1. The summed E-state index contributed by atoms with van der Waals surface area (Å²) in [6.45, 7) is 5.31. The third-order valence-electron chi connectivity index (χ3n) is 2.62. The number of nitrogen functional groups attached to an aromatic ring is 1. The average Bonchev–Trinajstić information content (AvgIpc) is 2.41. The predicted octanol–water partition coefficient (Wildman–Crippen LogP) is 1.64. The highest BCUT2D eigenvalue weighted by atomic mass is 16.6. The number of hydrogen-bond acceptors (Lipinski definition) is 5. The van der Waals surface area contributed by atoms with Crippen LogP contribution in [-0.4, -0.2) is 46.8 Å². The minimum Gasteiger partial charge on any atom is -0.491 e. The van der Waals surface area contributed by atoms with Gasteiger partial charge in [0.25, 0.3) is 0 Å². The molecule has 0 spiro atoms. The Morgan fingerprint density at radius 1 is 0.947 bits per heavy atom. The van der Waals surface area contributed by atoms with Gasteiger partial charge in [-0.2, -0.15) is 0 Å². The average molecular weight is 269 g/mol. The first-order chi connectivity index (χ1) is 9.25. The van der Waals surface area contributed by atoms with Crippen LogP contribution in [0.2, 0.25) is 0 Å². The Labute approximate surface area is 114 Å². The number of hydrogen-bond donors (Lipinski definition) is 1. The van der Waals surface area contributed by atoms with Crippen LogP contribution in [0.3, 0.4) is 0 Å². The van der Waals surface area contributed by atoms with E-state index < -0.39 is 0 Å². The number of benzene rings is 1. The monoisotopic (exact) mass is 269 g/mol. The molecule has 0 amide bonds. The highest BCUT2D eigenvalue weighted by molar-refractivity contribution is 5.53. The number of anilines is 1. The topological polar surface area (TPSA) is 62.9 Å². The van der Waals surface area contributed by atoms with Gasteiger partial charge in [-0.15, -0.1) is 0 Å². The van der Waals surface area contributed by atoms with Gasteiger partial charge in [0.1, 0.15) is 12.4 Å². The summed E-state index contributed by atoms with van der Waals surface area (Å²) in [4.78, 5) is 0. The van der Waals surface area contributed by atoms with Gasteiger partial charge in [-0.05, 0) is 19.1 Å². The Balaban J connectivity index is 2.03. The summed E-state index contributed by atoms with van der Waals surface area (Å²) >= 11 is 0. The van der Waals surface area contributed by atoms with Gasteiger partial charge in [0.05, 0.1) is 33.0 Å². The molecule has 0 bridgehead atoms. The Kier molecular flexibility index (Phi) is 7.97. The summed E-state index contributed by atoms with van der Waals surface area (Å²) in [5.74, 6) is 0.806. The lowest BCUT2D eigenvalue weighted by atomic mass is 10.2. The Hall–Kier alpha value is -1.30. The van der Waals surface area contributed by atoms with Gasteiger partial charge in [0.15, 0.2) is 0 Å². The number of nitrogens with two attached hydrogens (primary N) is 1. The zero-order chi connectivity index (χ0) is 13.9. The maximum atomic E-state index is 5.79. The number of methoxy groups -OCH3 is 1. The maximum absolute atomic E-state index is 5.79. The lowest BCUT2D eigenvalue weighted by molar-refractivity contribution is 0.0179. The lowest BCUT2D eigenvalue weighted by Gasteiger charge is -2.11. The van der Waals surface area contributed by atoms with E-state index in [1.54, 1.807) is 7.11 Å². The second-order valence-corrected chi connectivity index (χ2v) is 4.04. The summed E-state index contributed by atoms with van der Waals surface area (Å²) in [5.41, 5.74) is 7.50. The van der Waals surface area contributed by atoms with Crippen LogP contribution < -0.4 is 10.5 Å². The SMILES string of the molecule is COCCOCCOCCOc1cccc(N)c1C. The van der Waals surface area contributed by atoms with E-state index in [4.69, 9.17) is 24.7 Å². The van der Waals surface area contributed by atoms with Crippen molar-refractivity contribution in [2.75, 3.05) is 52.5 Å². The second kappa shape index (κ2) is 9.61. The van der Waals surface area contributed by atoms with Crippen LogP contribution in [0.15, 0.2) is 18.2 Å². The quantitative estimate of drug-likeness (QED) is 0.517. The van der Waals surface area contributed by atoms with E-state index in [2.05, 4.69) is 0 Å². The van der Waals surface area contributed by atoms with Crippen LogP contribution >= 0.6 is 0 Å². The molecule has 0 saturated carbocycles. The molecule has 0 fully saturated rings. The molecule has 0 atom stereocenters. The third kappa shape index (κ3) is 6.42. The highest BCUT2D eigenvalue weighted by Crippen LogP contribution is 2.22. The standard InChI is InChI=1S/C14H23NO4/c1-12-13(15)4-3-5-14(12)19-11-10-18-9-8-17-7-6-16-2/h3-5H,6-11,15H2,1-2H3. The Morgan fingerprint density at radius 3 is 2.26 bits per heavy atom. The maximum Gasteiger partial charge on any atom is 0.124 e. The highest BCUT2D eigenvalue weighted by Gasteiger charge is 2.01. The van der Waals surface area contributed by atoms with Gasteiger partial charge >= 0.3 is 0 Å². The predicted molar refractivity (Wildman–Crippen MR) is 74.6 cm³/mol. The van der Waals surface area contributed by atoms with Crippen molar-refractivity contribution in [3.8, 4) is 5.75 Å². The minimum atomic E-state index is 0.502. The second-order valence-electron chi connectivity index (χ2n) is 4.04. The lowest BCUT2D eigenvalue weighted by Crippen LogP contribution is -2.12. The van der Waals surface area contributed by atoms with Crippen LogP contribution in [0, 0.1) is 6.92 Å². The first-order valence-corrected chi connectivity index (χ1v) is 6.38. The summed E-state index contributed by atoms with van der Waals surface area (Å²) in [5, 5.41) is 0. The van der Waals surface area contributed by atoms with E-state index in [1.165, 1.54) is 0 Å². The molecule has 108 valence electrons. The molecular weight excluding hydrogens is 246 g/mol. The number of ether oxygens (including phenoxy) is 4. The van der Waals surface area contributed by atoms with E-state index in [0.29, 0.717) is 39.6 Å². The first kappa shape index (κ1) is 15.8. The van der Waals surface area contributed by atoms with Crippen LogP contribution in [0.5, 0.6) is 5.75 Å². The smallest absolute Gasteiger partial charge is 0.124 e. The fraction of sp³-hybridized carbons (Fsp3) is 0.571. The van der Waals surface area contributed by atoms with Crippen LogP contribution in [0.25, 0.3) is 0 Å². The Morgan fingerprint density at radius 2 is 1.58 bits per heavy atom. The van der Waals surface area contributed by atoms with Crippen LogP contribution in [-0.2, 0) is 14.2 Å². The molecule has 0 saturated heterocycles. The van der Waals surface area contributed by atoms with Crippen molar-refractivity contribution in [3.63, 3.8) is 0 Å². The summed E-state index contributed by atoms with van der Waals surface area (Å²) in [7, 11) is 1.65. The summed E-state index contributed by atoms with van der Waals surface area (Å²) in [6, 6.07) is 5.64. The molecule has 0 aliphatic rings. The molecule has 5 nitrogen and oxygen atoms in total. The van der Waals surface area contributed by atoms with Gasteiger partial charge in [-0.1, -0.05) is 6.07 Å². The summed E-state index contributed by atoms with van der Waals surface area (Å²) in [6.07, 6.45) is 0. The van der Waals surface area contributed by atoms with E-state index in [0.717, 1.165) is 17.0 Å². The van der Waals surface area contributed by atoms with E-state index in [9.17, 15) is 0 Å². The molecule has 0 aliphatic carbocycles.